The summed E-state index contributed by atoms with van der Waals surface area (Å²) < 4.78 is 40.6. The molecular weight excluding hydrogens is 367 g/mol. The highest BCUT2D eigenvalue weighted by Crippen LogP contribution is 2.43. The number of nitrogens with zero attached hydrogens (tertiary/aromatic N) is 2. The molecule has 1 spiro atoms. The maximum Gasteiger partial charge on any atom is 0.243 e. The van der Waals surface area contributed by atoms with E-state index < -0.39 is 15.8 Å². The third kappa shape index (κ3) is 3.15. The molecule has 27 heavy (non-hydrogen) atoms. The first-order valence-electron chi connectivity index (χ1n) is 8.93. The first kappa shape index (κ1) is 18.1. The molecule has 0 aliphatic carbocycles. The molecule has 0 radical (unpaired) electrons. The predicted molar refractivity (Wildman–Crippen MR) is 100 cm³/mol. The van der Waals surface area contributed by atoms with E-state index in [2.05, 4.69) is 0 Å². The normalized spacial score (nSPS) is 23.5. The molecule has 4 rings (SSSR count). The van der Waals surface area contributed by atoms with E-state index in [1.54, 1.807) is 4.90 Å². The minimum atomic E-state index is -3.77. The Morgan fingerprint density at radius 3 is 2.59 bits per heavy atom. The first-order valence-corrected chi connectivity index (χ1v) is 10.4. The van der Waals surface area contributed by atoms with Gasteiger partial charge in [-0.1, -0.05) is 24.3 Å². The number of carbonyl (C=O) groups is 1. The quantitative estimate of drug-likeness (QED) is 0.812. The molecular formula is C20H21FN2O3S. The summed E-state index contributed by atoms with van der Waals surface area (Å²) in [6.45, 7) is 3.09. The Morgan fingerprint density at radius 1 is 1.07 bits per heavy atom. The standard InChI is InChI=1S/C20H21FN2O3S/c1-15-5-2-3-8-18(15)23-14-20(12-19(23)24)9-10-22(13-20)27(25,26)17-7-4-6-16(21)11-17/h2-8,11H,9-10,12-14H2,1H3/t20-/m0/s1. The van der Waals surface area contributed by atoms with Gasteiger partial charge in [0.05, 0.1) is 4.90 Å². The van der Waals surface area contributed by atoms with E-state index in [0.29, 0.717) is 25.9 Å². The van der Waals surface area contributed by atoms with Crippen LogP contribution in [0.25, 0.3) is 0 Å². The summed E-state index contributed by atoms with van der Waals surface area (Å²) in [6, 6.07) is 12.8. The zero-order chi connectivity index (χ0) is 19.2. The number of halogens is 1. The molecule has 2 aliphatic heterocycles. The van der Waals surface area contributed by atoms with Crippen molar-refractivity contribution in [1.29, 1.82) is 0 Å². The zero-order valence-corrected chi connectivity index (χ0v) is 15.9. The molecule has 1 amide bonds. The Hall–Kier alpha value is -2.25. The van der Waals surface area contributed by atoms with Crippen molar-refractivity contribution in [2.75, 3.05) is 24.5 Å². The van der Waals surface area contributed by atoms with Gasteiger partial charge in [0.25, 0.3) is 0 Å². The van der Waals surface area contributed by atoms with Crippen LogP contribution in [0.3, 0.4) is 0 Å². The number of sulfonamides is 1. The molecule has 2 saturated heterocycles. The molecule has 7 heteroatoms. The summed E-state index contributed by atoms with van der Waals surface area (Å²) in [4.78, 5) is 14.4. The van der Waals surface area contributed by atoms with E-state index in [9.17, 15) is 17.6 Å². The molecule has 5 nitrogen and oxygen atoms in total. The van der Waals surface area contributed by atoms with Crippen molar-refractivity contribution in [3.63, 3.8) is 0 Å². The molecule has 142 valence electrons. The highest BCUT2D eigenvalue weighted by atomic mass is 32.2. The van der Waals surface area contributed by atoms with Crippen molar-refractivity contribution >= 4 is 21.6 Å². The van der Waals surface area contributed by atoms with Crippen molar-refractivity contribution in [1.82, 2.24) is 4.31 Å². The third-order valence-corrected chi connectivity index (χ3v) is 7.41. The van der Waals surface area contributed by atoms with Crippen molar-refractivity contribution < 1.29 is 17.6 Å². The molecule has 0 saturated carbocycles. The lowest BCUT2D eigenvalue weighted by atomic mass is 9.86. The van der Waals surface area contributed by atoms with Crippen LogP contribution in [-0.4, -0.2) is 38.3 Å². The van der Waals surface area contributed by atoms with Gasteiger partial charge >= 0.3 is 0 Å². The van der Waals surface area contributed by atoms with Crippen LogP contribution < -0.4 is 4.90 Å². The summed E-state index contributed by atoms with van der Waals surface area (Å²) in [7, 11) is -3.77. The summed E-state index contributed by atoms with van der Waals surface area (Å²) in [5, 5.41) is 0. The van der Waals surface area contributed by atoms with Crippen LogP contribution in [0.5, 0.6) is 0 Å². The van der Waals surface area contributed by atoms with E-state index in [0.717, 1.165) is 17.3 Å². The summed E-state index contributed by atoms with van der Waals surface area (Å²) >= 11 is 0. The van der Waals surface area contributed by atoms with Crippen LogP contribution in [0.1, 0.15) is 18.4 Å². The molecule has 0 bridgehead atoms. The number of anilines is 1. The van der Waals surface area contributed by atoms with Gasteiger partial charge < -0.3 is 4.90 Å². The fourth-order valence-corrected chi connectivity index (χ4v) is 5.72. The van der Waals surface area contributed by atoms with E-state index in [1.165, 1.54) is 22.5 Å². The lowest BCUT2D eigenvalue weighted by Crippen LogP contribution is -2.34. The number of para-hydroxylation sites is 1. The van der Waals surface area contributed by atoms with Gasteiger partial charge in [-0.2, -0.15) is 4.31 Å². The minimum Gasteiger partial charge on any atom is -0.312 e. The number of hydrogen-bond donors (Lipinski definition) is 0. The average molecular weight is 388 g/mol. The van der Waals surface area contributed by atoms with Gasteiger partial charge in [-0.25, -0.2) is 12.8 Å². The molecule has 2 aromatic carbocycles. The number of amides is 1. The smallest absolute Gasteiger partial charge is 0.243 e. The molecule has 0 aromatic heterocycles. The second-order valence-electron chi connectivity index (χ2n) is 7.49. The SMILES string of the molecule is Cc1ccccc1N1C[C@@]2(CCN(S(=O)(=O)c3cccc(F)c3)C2)CC1=O. The lowest BCUT2D eigenvalue weighted by molar-refractivity contribution is -0.117. The van der Waals surface area contributed by atoms with Crippen LogP contribution in [0.4, 0.5) is 10.1 Å². The second-order valence-corrected chi connectivity index (χ2v) is 9.43. The van der Waals surface area contributed by atoms with Crippen molar-refractivity contribution in [3.8, 4) is 0 Å². The number of aryl methyl sites for hydroxylation is 1. The van der Waals surface area contributed by atoms with Gasteiger partial charge in [0.1, 0.15) is 5.82 Å². The van der Waals surface area contributed by atoms with Gasteiger partial charge in [-0.3, -0.25) is 4.79 Å². The molecule has 0 N–H and O–H groups in total. The molecule has 1 atom stereocenters. The van der Waals surface area contributed by atoms with Crippen LogP contribution in [0, 0.1) is 18.2 Å². The topological polar surface area (TPSA) is 57.7 Å². The Morgan fingerprint density at radius 2 is 1.85 bits per heavy atom. The lowest BCUT2D eigenvalue weighted by Gasteiger charge is -2.25. The molecule has 2 heterocycles. The van der Waals surface area contributed by atoms with Crippen LogP contribution in [0.15, 0.2) is 53.4 Å². The van der Waals surface area contributed by atoms with Gasteiger partial charge in [0.15, 0.2) is 0 Å². The number of rotatable bonds is 3. The Labute approximate surface area is 158 Å². The fraction of sp³-hybridized carbons (Fsp3) is 0.350. The van der Waals surface area contributed by atoms with E-state index >= 15 is 0 Å². The molecule has 0 unspecified atom stereocenters. The molecule has 2 aromatic rings. The van der Waals surface area contributed by atoms with Crippen LogP contribution >= 0.6 is 0 Å². The third-order valence-electron chi connectivity index (χ3n) is 5.56. The van der Waals surface area contributed by atoms with Gasteiger partial charge in [0, 0.05) is 37.2 Å². The Kier molecular flexibility index (Phi) is 4.31. The Bertz CT molecular complexity index is 1010. The highest BCUT2D eigenvalue weighted by Gasteiger charge is 2.50. The molecule has 2 fully saturated rings. The predicted octanol–water partition coefficient (Wildman–Crippen LogP) is 2.95. The summed E-state index contributed by atoms with van der Waals surface area (Å²) in [5.74, 6) is -0.555. The highest BCUT2D eigenvalue weighted by molar-refractivity contribution is 7.89. The van der Waals surface area contributed by atoms with E-state index in [1.807, 2.05) is 31.2 Å². The van der Waals surface area contributed by atoms with Crippen LogP contribution in [0.2, 0.25) is 0 Å². The number of benzene rings is 2. The van der Waals surface area contributed by atoms with Crippen molar-refractivity contribution in [2.45, 2.75) is 24.7 Å². The summed E-state index contributed by atoms with van der Waals surface area (Å²) in [5.41, 5.74) is 1.51. The van der Waals surface area contributed by atoms with Gasteiger partial charge in [-0.05, 0) is 43.2 Å². The summed E-state index contributed by atoms with van der Waals surface area (Å²) in [6.07, 6.45) is 0.951. The van der Waals surface area contributed by atoms with E-state index in [-0.39, 0.29) is 22.8 Å². The van der Waals surface area contributed by atoms with Crippen molar-refractivity contribution in [2.24, 2.45) is 5.41 Å². The Balaban J connectivity index is 1.58. The number of hydrogen-bond acceptors (Lipinski definition) is 3. The van der Waals surface area contributed by atoms with E-state index in [4.69, 9.17) is 0 Å². The van der Waals surface area contributed by atoms with Gasteiger partial charge in [0.2, 0.25) is 15.9 Å². The largest absolute Gasteiger partial charge is 0.312 e. The fourth-order valence-electron chi connectivity index (χ4n) is 4.13. The van der Waals surface area contributed by atoms with Gasteiger partial charge in [-0.15, -0.1) is 0 Å². The monoisotopic (exact) mass is 388 g/mol. The zero-order valence-electron chi connectivity index (χ0n) is 15.1. The molecule has 2 aliphatic rings. The maximum atomic E-state index is 13.5. The minimum absolute atomic E-state index is 0.0225. The second kappa shape index (κ2) is 6.42. The average Bonchev–Trinajstić information content (AvgIpc) is 3.19. The maximum absolute atomic E-state index is 13.5. The van der Waals surface area contributed by atoms with Crippen molar-refractivity contribution in [3.05, 3.63) is 59.9 Å². The van der Waals surface area contributed by atoms with Crippen LogP contribution in [-0.2, 0) is 14.8 Å². The first-order chi connectivity index (χ1) is 12.8. The number of carbonyl (C=O) groups excluding carboxylic acids is 1.